The molecule has 0 aliphatic heterocycles. The monoisotopic (exact) mass is 309 g/mol. The molecule has 0 saturated heterocycles. The van der Waals surface area contributed by atoms with Gasteiger partial charge < -0.3 is 10.2 Å². The number of imidazole rings is 1. The molecule has 2 heterocycles. The van der Waals surface area contributed by atoms with E-state index < -0.39 is 0 Å². The van der Waals surface area contributed by atoms with Crippen LogP contribution in [0.5, 0.6) is 0 Å². The highest BCUT2D eigenvalue weighted by Gasteiger charge is 2.13. The smallest absolute Gasteiger partial charge is 0.160 e. The van der Waals surface area contributed by atoms with E-state index in [0.717, 1.165) is 22.9 Å². The fraction of sp³-hybridized carbons (Fsp3) is 0.222. The lowest BCUT2D eigenvalue weighted by atomic mass is 10.2. The van der Waals surface area contributed by atoms with Gasteiger partial charge in [-0.3, -0.25) is 4.57 Å². The molecule has 0 fully saturated rings. The van der Waals surface area contributed by atoms with Crippen LogP contribution in [0.2, 0.25) is 0 Å². The van der Waals surface area contributed by atoms with Crippen LogP contribution in [-0.2, 0) is 0 Å². The molecule has 0 saturated carbocycles. The molecule has 0 unspecified atom stereocenters. The Morgan fingerprint density at radius 1 is 1.30 bits per heavy atom. The highest BCUT2D eigenvalue weighted by atomic mass is 15.1. The maximum atomic E-state index is 4.52. The van der Waals surface area contributed by atoms with Gasteiger partial charge in [-0.25, -0.2) is 9.97 Å². The number of nitrogens with zero attached hydrogens (tertiary/aromatic N) is 4. The van der Waals surface area contributed by atoms with Crippen molar-refractivity contribution in [1.82, 2.24) is 19.4 Å². The Morgan fingerprint density at radius 3 is 2.70 bits per heavy atom. The van der Waals surface area contributed by atoms with Crippen molar-refractivity contribution in [2.45, 2.75) is 13.8 Å². The molecule has 2 aromatic rings. The largest absolute Gasteiger partial charge is 0.383 e. The molecule has 2 rings (SSSR count). The summed E-state index contributed by atoms with van der Waals surface area (Å²) in [5, 5.41) is 3.20. The van der Waals surface area contributed by atoms with Gasteiger partial charge in [-0.05, 0) is 31.6 Å². The molecule has 1 N–H and O–H groups in total. The Bertz CT molecular complexity index is 723. The van der Waals surface area contributed by atoms with Crippen molar-refractivity contribution in [3.63, 3.8) is 0 Å². The molecular formula is C18H23N5. The zero-order chi connectivity index (χ0) is 16.8. The van der Waals surface area contributed by atoms with E-state index in [4.69, 9.17) is 0 Å². The molecule has 0 amide bonds. The zero-order valence-corrected chi connectivity index (χ0v) is 14.1. The molecule has 0 radical (unpaired) electrons. The van der Waals surface area contributed by atoms with Crippen molar-refractivity contribution in [2.24, 2.45) is 0 Å². The maximum Gasteiger partial charge on any atom is 0.160 e. The van der Waals surface area contributed by atoms with Crippen molar-refractivity contribution in [3.05, 3.63) is 61.0 Å². The van der Waals surface area contributed by atoms with Gasteiger partial charge in [0.1, 0.15) is 5.82 Å². The van der Waals surface area contributed by atoms with Crippen molar-refractivity contribution >= 4 is 23.3 Å². The predicted octanol–water partition coefficient (Wildman–Crippen LogP) is 3.77. The van der Waals surface area contributed by atoms with E-state index >= 15 is 0 Å². The van der Waals surface area contributed by atoms with E-state index in [1.807, 2.05) is 67.2 Å². The molecule has 0 bridgehead atoms. The average molecular weight is 309 g/mol. The lowest BCUT2D eigenvalue weighted by Gasteiger charge is -2.12. The van der Waals surface area contributed by atoms with Crippen molar-refractivity contribution in [1.29, 1.82) is 0 Å². The summed E-state index contributed by atoms with van der Waals surface area (Å²) < 4.78 is 2.02. The van der Waals surface area contributed by atoms with Crippen LogP contribution in [0.25, 0.3) is 17.5 Å². The van der Waals surface area contributed by atoms with Crippen molar-refractivity contribution < 1.29 is 0 Å². The first-order valence-electron chi connectivity index (χ1n) is 7.45. The molecule has 0 aromatic carbocycles. The Morgan fingerprint density at radius 2 is 2.09 bits per heavy atom. The molecular weight excluding hydrogens is 286 g/mol. The summed E-state index contributed by atoms with van der Waals surface area (Å²) in [5.41, 5.74) is 2.85. The molecule has 0 aliphatic carbocycles. The third-order valence-electron chi connectivity index (χ3n) is 3.16. The van der Waals surface area contributed by atoms with Crippen LogP contribution in [0.1, 0.15) is 25.4 Å². The van der Waals surface area contributed by atoms with Gasteiger partial charge in [-0.15, -0.1) is 0 Å². The second-order valence-corrected chi connectivity index (χ2v) is 5.41. The van der Waals surface area contributed by atoms with Gasteiger partial charge in [0.25, 0.3) is 0 Å². The molecule has 120 valence electrons. The third-order valence-corrected chi connectivity index (χ3v) is 3.16. The van der Waals surface area contributed by atoms with Crippen molar-refractivity contribution in [2.75, 3.05) is 19.4 Å². The Labute approximate surface area is 137 Å². The van der Waals surface area contributed by atoms with E-state index in [0.29, 0.717) is 5.70 Å². The number of nitrogens with one attached hydrogen (secondary N) is 1. The molecule has 0 aliphatic rings. The number of hydrogen-bond acceptors (Lipinski definition) is 4. The van der Waals surface area contributed by atoms with E-state index in [2.05, 4.69) is 35.0 Å². The summed E-state index contributed by atoms with van der Waals surface area (Å²) >= 11 is 0. The van der Waals surface area contributed by atoms with Crippen LogP contribution in [0.15, 0.2) is 49.4 Å². The topological polar surface area (TPSA) is 46.0 Å². The Hall–Kier alpha value is -2.82. The first kappa shape index (κ1) is 16.5. The van der Waals surface area contributed by atoms with Crippen LogP contribution in [0.4, 0.5) is 5.82 Å². The lowest BCUT2D eigenvalue weighted by Crippen LogP contribution is -2.07. The minimum atomic E-state index is 0.700. The van der Waals surface area contributed by atoms with Crippen LogP contribution >= 0.6 is 0 Å². The SMILES string of the molecule is C=C(Nc1ccccn1)c1ncc(/C(C)=C/N(C)C)n1/C=C\C. The van der Waals surface area contributed by atoms with Gasteiger partial charge >= 0.3 is 0 Å². The number of rotatable bonds is 6. The third kappa shape index (κ3) is 4.10. The number of allylic oxidation sites excluding steroid dienone is 2. The summed E-state index contributed by atoms with van der Waals surface area (Å²) in [7, 11) is 4.00. The summed E-state index contributed by atoms with van der Waals surface area (Å²) in [5.74, 6) is 1.50. The summed E-state index contributed by atoms with van der Waals surface area (Å²) in [6, 6.07) is 5.70. The quantitative estimate of drug-likeness (QED) is 0.882. The second kappa shape index (κ2) is 7.45. The predicted molar refractivity (Wildman–Crippen MR) is 97.5 cm³/mol. The van der Waals surface area contributed by atoms with Gasteiger partial charge in [0.05, 0.1) is 17.6 Å². The average Bonchev–Trinajstić information content (AvgIpc) is 2.92. The molecule has 2 aromatic heterocycles. The minimum absolute atomic E-state index is 0.700. The number of pyridine rings is 1. The summed E-state index contributed by atoms with van der Waals surface area (Å²) in [6.07, 6.45) is 9.62. The molecule has 5 nitrogen and oxygen atoms in total. The van der Waals surface area contributed by atoms with Crippen LogP contribution in [0, 0.1) is 0 Å². The normalized spacial score (nSPS) is 11.7. The fourth-order valence-corrected chi connectivity index (χ4v) is 2.28. The number of anilines is 1. The van der Waals surface area contributed by atoms with Gasteiger partial charge in [0.2, 0.25) is 0 Å². The van der Waals surface area contributed by atoms with Crippen LogP contribution in [0.3, 0.4) is 0 Å². The standard InChI is InChI=1S/C18H23N5/c1-6-11-23-16(14(2)13-22(4)5)12-20-18(23)15(3)21-17-9-7-8-10-19-17/h6-13H,3H2,1-2,4-5H3,(H,19,21)/b11-6-,14-13+. The van der Waals surface area contributed by atoms with Gasteiger partial charge in [0.15, 0.2) is 5.82 Å². The van der Waals surface area contributed by atoms with Crippen LogP contribution < -0.4 is 5.32 Å². The second-order valence-electron chi connectivity index (χ2n) is 5.41. The Balaban J connectivity index is 2.36. The highest BCUT2D eigenvalue weighted by Crippen LogP contribution is 2.21. The van der Waals surface area contributed by atoms with E-state index in [1.54, 1.807) is 6.20 Å². The minimum Gasteiger partial charge on any atom is -0.383 e. The molecule has 0 spiro atoms. The van der Waals surface area contributed by atoms with Gasteiger partial charge in [0, 0.05) is 32.7 Å². The summed E-state index contributed by atoms with van der Waals surface area (Å²) in [6.45, 7) is 8.14. The van der Waals surface area contributed by atoms with Crippen LogP contribution in [-0.4, -0.2) is 33.5 Å². The van der Waals surface area contributed by atoms with Crippen molar-refractivity contribution in [3.8, 4) is 0 Å². The van der Waals surface area contributed by atoms with E-state index in [1.165, 1.54) is 0 Å². The molecule has 5 heteroatoms. The van der Waals surface area contributed by atoms with E-state index in [9.17, 15) is 0 Å². The zero-order valence-electron chi connectivity index (χ0n) is 14.1. The maximum absolute atomic E-state index is 4.52. The Kier molecular flexibility index (Phi) is 5.36. The molecule has 0 atom stereocenters. The summed E-state index contributed by atoms with van der Waals surface area (Å²) in [4.78, 5) is 10.8. The number of aromatic nitrogens is 3. The first-order chi connectivity index (χ1) is 11.0. The lowest BCUT2D eigenvalue weighted by molar-refractivity contribution is 0.565. The molecule has 23 heavy (non-hydrogen) atoms. The highest BCUT2D eigenvalue weighted by molar-refractivity contribution is 5.73. The van der Waals surface area contributed by atoms with Gasteiger partial charge in [-0.1, -0.05) is 18.7 Å². The number of hydrogen-bond donors (Lipinski definition) is 1. The van der Waals surface area contributed by atoms with Gasteiger partial charge in [-0.2, -0.15) is 0 Å². The fourth-order valence-electron chi connectivity index (χ4n) is 2.28. The van der Waals surface area contributed by atoms with E-state index in [-0.39, 0.29) is 0 Å². The first-order valence-corrected chi connectivity index (χ1v) is 7.45.